The van der Waals surface area contributed by atoms with Crippen molar-refractivity contribution in [2.45, 2.75) is 70.9 Å². The molecule has 5 rings (SSSR count). The second-order valence-electron chi connectivity index (χ2n) is 10.2. The van der Waals surface area contributed by atoms with Crippen LogP contribution in [0.5, 0.6) is 5.88 Å². The fraction of sp³-hybridized carbons (Fsp3) is 0.667. The second kappa shape index (κ2) is 8.83. The summed E-state index contributed by atoms with van der Waals surface area (Å²) >= 11 is 0. The van der Waals surface area contributed by atoms with Crippen molar-refractivity contribution in [3.8, 4) is 5.88 Å². The maximum atomic E-state index is 14.6. The van der Waals surface area contributed by atoms with Gasteiger partial charge in [0, 0.05) is 24.6 Å². The first-order chi connectivity index (χ1) is 16.6. The van der Waals surface area contributed by atoms with E-state index in [-0.39, 0.29) is 34.8 Å². The quantitative estimate of drug-likeness (QED) is 0.362. The summed E-state index contributed by atoms with van der Waals surface area (Å²) in [5.74, 6) is 0.0374. The van der Waals surface area contributed by atoms with Crippen LogP contribution in [0.3, 0.4) is 0 Å². The number of alkyl halides is 3. The van der Waals surface area contributed by atoms with Crippen LogP contribution in [0.4, 0.5) is 29.3 Å². The number of nitrogens with one attached hydrogen (secondary N) is 1. The molecule has 2 saturated carbocycles. The maximum absolute atomic E-state index is 14.6. The summed E-state index contributed by atoms with van der Waals surface area (Å²) in [7, 11) is 0. The molecule has 3 fully saturated rings. The third kappa shape index (κ3) is 5.05. The molecule has 7 nitrogen and oxygen atoms in total. The molecule has 0 amide bonds. The van der Waals surface area contributed by atoms with Gasteiger partial charge in [-0.05, 0) is 43.9 Å². The summed E-state index contributed by atoms with van der Waals surface area (Å²) in [5.41, 5.74) is -0.116. The predicted molar refractivity (Wildman–Crippen MR) is 120 cm³/mol. The van der Waals surface area contributed by atoms with Crippen LogP contribution in [0.25, 0.3) is 0 Å². The number of aliphatic hydroxyl groups excluding tert-OH is 1. The third-order valence-corrected chi connectivity index (χ3v) is 7.75. The number of anilines is 2. The molecule has 3 atom stereocenters. The van der Waals surface area contributed by atoms with E-state index in [0.29, 0.717) is 24.9 Å². The molecule has 2 aromatic rings. The van der Waals surface area contributed by atoms with E-state index in [2.05, 4.69) is 29.1 Å². The smallest absolute Gasteiger partial charge is 0.396 e. The molecule has 0 radical (unpaired) electrons. The topological polar surface area (TPSA) is 83.7 Å². The van der Waals surface area contributed by atoms with Crippen molar-refractivity contribution in [3.05, 3.63) is 29.5 Å². The number of hydrogen-bond acceptors (Lipinski definition) is 7. The Bertz CT molecular complexity index is 1050. The van der Waals surface area contributed by atoms with Crippen LogP contribution >= 0.6 is 0 Å². The Morgan fingerprint density at radius 3 is 2.51 bits per heavy atom. The van der Waals surface area contributed by atoms with Crippen LogP contribution in [-0.2, 0) is 6.42 Å². The highest BCUT2D eigenvalue weighted by Gasteiger charge is 2.47. The molecular weight excluding hydrogens is 468 g/mol. The molecule has 0 bridgehead atoms. The van der Waals surface area contributed by atoms with E-state index in [9.17, 15) is 22.7 Å². The number of halogens is 4. The number of rotatable bonds is 9. The summed E-state index contributed by atoms with van der Waals surface area (Å²) in [5, 5.41) is 13.2. The largest absolute Gasteiger partial charge is 0.472 e. The zero-order valence-electron chi connectivity index (χ0n) is 19.7. The second-order valence-corrected chi connectivity index (χ2v) is 10.2. The highest BCUT2D eigenvalue weighted by molar-refractivity contribution is 5.45. The Morgan fingerprint density at radius 1 is 1.23 bits per heavy atom. The zero-order valence-corrected chi connectivity index (χ0v) is 19.7. The van der Waals surface area contributed by atoms with Crippen molar-refractivity contribution in [1.82, 2.24) is 9.97 Å². The molecule has 2 aromatic heterocycles. The van der Waals surface area contributed by atoms with E-state index in [0.717, 1.165) is 31.7 Å². The minimum Gasteiger partial charge on any atom is -0.472 e. The van der Waals surface area contributed by atoms with Gasteiger partial charge in [-0.2, -0.15) is 18.2 Å². The van der Waals surface area contributed by atoms with Crippen LogP contribution in [-0.4, -0.2) is 40.4 Å². The minimum absolute atomic E-state index is 0.0419. The Balaban J connectivity index is 1.29. The number of hydrogen-bond donors (Lipinski definition) is 2. The first-order valence-corrected chi connectivity index (χ1v) is 12.2. The number of fused-ring (bicyclic) bond motifs is 1. The van der Waals surface area contributed by atoms with Crippen molar-refractivity contribution in [2.24, 2.45) is 17.3 Å². The molecule has 11 heteroatoms. The molecule has 2 N–H and O–H groups in total. The zero-order chi connectivity index (χ0) is 25.0. The highest BCUT2D eigenvalue weighted by Crippen LogP contribution is 2.52. The van der Waals surface area contributed by atoms with Gasteiger partial charge in [0.15, 0.2) is 12.0 Å². The van der Waals surface area contributed by atoms with E-state index in [1.807, 2.05) is 0 Å². The third-order valence-electron chi connectivity index (χ3n) is 7.75. The summed E-state index contributed by atoms with van der Waals surface area (Å²) in [6.45, 7) is 5.39. The molecule has 3 unspecified atom stereocenters. The van der Waals surface area contributed by atoms with Crippen LogP contribution in [0, 0.1) is 23.1 Å². The van der Waals surface area contributed by atoms with Crippen molar-refractivity contribution in [2.75, 3.05) is 23.3 Å². The fourth-order valence-corrected chi connectivity index (χ4v) is 5.33. The fourth-order valence-electron chi connectivity index (χ4n) is 5.33. The van der Waals surface area contributed by atoms with Crippen LogP contribution < -0.4 is 15.0 Å². The lowest BCUT2D eigenvalue weighted by atomic mass is 9.75. The molecule has 2 aliphatic carbocycles. The van der Waals surface area contributed by atoms with E-state index in [1.165, 1.54) is 12.6 Å². The number of oxazole rings is 1. The van der Waals surface area contributed by atoms with Crippen LogP contribution in [0.2, 0.25) is 0 Å². The first kappa shape index (κ1) is 24.1. The molecular formula is C24H30F4N4O3. The molecule has 3 heterocycles. The lowest BCUT2D eigenvalue weighted by Gasteiger charge is -2.49. The lowest BCUT2D eigenvalue weighted by Crippen LogP contribution is -2.56. The number of aromatic nitrogens is 2. The van der Waals surface area contributed by atoms with Gasteiger partial charge in [-0.15, -0.1) is 0 Å². The molecule has 192 valence electrons. The molecule has 0 aromatic carbocycles. The Labute approximate surface area is 200 Å². The van der Waals surface area contributed by atoms with E-state index in [1.54, 1.807) is 4.90 Å². The first-order valence-electron chi connectivity index (χ1n) is 12.2. The van der Waals surface area contributed by atoms with Gasteiger partial charge in [0.05, 0.1) is 11.9 Å². The van der Waals surface area contributed by atoms with Gasteiger partial charge < -0.3 is 24.5 Å². The van der Waals surface area contributed by atoms with Crippen molar-refractivity contribution < 1.29 is 31.8 Å². The lowest BCUT2D eigenvalue weighted by molar-refractivity contribution is -0.130. The SMILES string of the molecule is CCC1(CC)CN(c2nc(C(O)Nc3cnc(OC4CC5CC5C4)c(F)c3)c(CC(F)(F)F)o2)C1. The average molecular weight is 499 g/mol. The van der Waals surface area contributed by atoms with Crippen molar-refractivity contribution in [3.63, 3.8) is 0 Å². The van der Waals surface area contributed by atoms with Gasteiger partial charge >= 0.3 is 6.18 Å². The number of aliphatic hydroxyl groups is 1. The molecule has 1 saturated heterocycles. The van der Waals surface area contributed by atoms with E-state index >= 15 is 0 Å². The summed E-state index contributed by atoms with van der Waals surface area (Å²) in [6, 6.07) is 1.14. The van der Waals surface area contributed by atoms with Gasteiger partial charge in [0.25, 0.3) is 11.9 Å². The molecule has 0 spiro atoms. The number of pyridine rings is 1. The summed E-state index contributed by atoms with van der Waals surface area (Å²) < 4.78 is 65.2. The Morgan fingerprint density at radius 2 is 1.91 bits per heavy atom. The Hall–Kier alpha value is -2.56. The normalized spacial score (nSPS) is 25.7. The highest BCUT2D eigenvalue weighted by atomic mass is 19.4. The van der Waals surface area contributed by atoms with Crippen molar-refractivity contribution in [1.29, 1.82) is 0 Å². The number of nitrogens with zero attached hydrogens (tertiary/aromatic N) is 3. The maximum Gasteiger partial charge on any atom is 0.396 e. The molecule has 1 aliphatic heterocycles. The molecule has 3 aliphatic rings. The van der Waals surface area contributed by atoms with E-state index < -0.39 is 30.4 Å². The van der Waals surface area contributed by atoms with Gasteiger partial charge in [-0.3, -0.25) is 0 Å². The van der Waals surface area contributed by atoms with Gasteiger partial charge in [0.1, 0.15) is 24.0 Å². The Kier molecular flexibility index (Phi) is 6.09. The minimum atomic E-state index is -4.55. The predicted octanol–water partition coefficient (Wildman–Crippen LogP) is 5.22. The number of ether oxygens (including phenoxy) is 1. The van der Waals surface area contributed by atoms with Gasteiger partial charge in [-0.1, -0.05) is 13.8 Å². The van der Waals surface area contributed by atoms with Crippen LogP contribution in [0.15, 0.2) is 16.7 Å². The van der Waals surface area contributed by atoms with Gasteiger partial charge in [-0.25, -0.2) is 9.37 Å². The molecule has 35 heavy (non-hydrogen) atoms. The van der Waals surface area contributed by atoms with Crippen molar-refractivity contribution >= 4 is 11.7 Å². The summed E-state index contributed by atoms with van der Waals surface area (Å²) in [6.07, 6.45) is -1.47. The van der Waals surface area contributed by atoms with Crippen LogP contribution in [0.1, 0.15) is 63.6 Å². The standard InChI is InChI=1S/C24H30F4N4O3/c1-3-23(4-2)11-32(12-23)22-31-19(18(35-22)9-24(26,27)28)20(33)30-15-8-17(25)21(29-10-15)34-16-6-13-5-14(13)7-16/h8,10,13-14,16,20,30,33H,3-7,9,11-12H2,1-2H3. The van der Waals surface area contributed by atoms with E-state index in [4.69, 9.17) is 9.15 Å². The summed E-state index contributed by atoms with van der Waals surface area (Å²) in [4.78, 5) is 9.94. The van der Waals surface area contributed by atoms with Gasteiger partial charge in [0.2, 0.25) is 0 Å². The average Bonchev–Trinajstić information content (AvgIpc) is 3.17. The monoisotopic (exact) mass is 498 g/mol.